The van der Waals surface area contributed by atoms with Crippen LogP contribution in [-0.2, 0) is 4.79 Å². The Bertz CT molecular complexity index is 631. The Morgan fingerprint density at radius 2 is 1.88 bits per heavy atom. The number of amides is 2. The van der Waals surface area contributed by atoms with Gasteiger partial charge in [-0.05, 0) is 49.4 Å². The highest BCUT2D eigenvalue weighted by atomic mass is 32.2. The van der Waals surface area contributed by atoms with Crippen molar-refractivity contribution in [2.24, 2.45) is 5.92 Å². The summed E-state index contributed by atoms with van der Waals surface area (Å²) in [7, 11) is 0. The van der Waals surface area contributed by atoms with Gasteiger partial charge in [0.2, 0.25) is 5.91 Å². The maximum Gasteiger partial charge on any atom is 0.255 e. The van der Waals surface area contributed by atoms with Crippen LogP contribution in [0.25, 0.3) is 0 Å². The van der Waals surface area contributed by atoms with Gasteiger partial charge in [0, 0.05) is 17.9 Å². The van der Waals surface area contributed by atoms with Gasteiger partial charge in [0.15, 0.2) is 0 Å². The first-order chi connectivity index (χ1) is 12.6. The normalized spacial score (nSPS) is 23.8. The fourth-order valence-corrected chi connectivity index (χ4v) is 5.52. The summed E-state index contributed by atoms with van der Waals surface area (Å²) in [5, 5.41) is 2.97. The molecule has 1 N–H and O–H groups in total. The Balaban J connectivity index is 1.84. The molecule has 2 atom stereocenters. The number of nitrogens with one attached hydrogen (secondary N) is 1. The number of benzene rings is 1. The van der Waals surface area contributed by atoms with Crippen molar-refractivity contribution in [2.45, 2.75) is 56.9 Å². The molecule has 4 nitrogen and oxygen atoms in total. The van der Waals surface area contributed by atoms with Gasteiger partial charge in [0.25, 0.3) is 5.91 Å². The third-order valence-corrected chi connectivity index (χ3v) is 6.73. The van der Waals surface area contributed by atoms with Crippen LogP contribution < -0.4 is 5.32 Å². The molecule has 142 valence electrons. The number of halogens is 1. The first-order valence-electron chi connectivity index (χ1n) is 9.59. The van der Waals surface area contributed by atoms with E-state index in [9.17, 15) is 14.0 Å². The second-order valence-corrected chi connectivity index (χ2v) is 8.30. The Morgan fingerprint density at radius 1 is 1.19 bits per heavy atom. The molecule has 0 radical (unpaired) electrons. The maximum atomic E-state index is 13.2. The number of nitrogens with zero attached hydrogens (tertiary/aromatic N) is 1. The fraction of sp³-hybridized carbons (Fsp3) is 0.600. The largest absolute Gasteiger partial charge is 0.354 e. The SMILES string of the molecule is CCCNC(=O)[C@H]1CS[C@H](C2CCCCC2)N1C(=O)c1ccc(F)cc1. The Kier molecular flexibility index (Phi) is 6.57. The maximum absolute atomic E-state index is 13.2. The van der Waals surface area contributed by atoms with E-state index in [1.165, 1.54) is 43.5 Å². The summed E-state index contributed by atoms with van der Waals surface area (Å²) in [6.07, 6.45) is 6.70. The fourth-order valence-electron chi connectivity index (χ4n) is 3.88. The van der Waals surface area contributed by atoms with Crippen LogP contribution in [-0.4, -0.2) is 40.4 Å². The average Bonchev–Trinajstić information content (AvgIpc) is 3.12. The lowest BCUT2D eigenvalue weighted by atomic mass is 9.88. The number of rotatable bonds is 5. The molecule has 0 aromatic heterocycles. The summed E-state index contributed by atoms with van der Waals surface area (Å²) in [6.45, 7) is 2.63. The summed E-state index contributed by atoms with van der Waals surface area (Å²) in [5.41, 5.74) is 0.447. The molecule has 0 unspecified atom stereocenters. The zero-order chi connectivity index (χ0) is 18.5. The van der Waals surface area contributed by atoms with E-state index in [0.717, 1.165) is 19.3 Å². The monoisotopic (exact) mass is 378 g/mol. The highest BCUT2D eigenvalue weighted by molar-refractivity contribution is 8.00. The minimum absolute atomic E-state index is 0.0326. The zero-order valence-corrected chi connectivity index (χ0v) is 16.1. The minimum Gasteiger partial charge on any atom is -0.354 e. The molecule has 2 amide bonds. The van der Waals surface area contributed by atoms with Gasteiger partial charge in [-0.3, -0.25) is 9.59 Å². The molecule has 1 aliphatic carbocycles. The van der Waals surface area contributed by atoms with Crippen molar-refractivity contribution in [1.29, 1.82) is 0 Å². The van der Waals surface area contributed by atoms with Crippen LogP contribution in [0.3, 0.4) is 0 Å². The Labute approximate surface area is 158 Å². The average molecular weight is 379 g/mol. The second kappa shape index (κ2) is 8.89. The molecule has 0 bridgehead atoms. The quantitative estimate of drug-likeness (QED) is 0.847. The summed E-state index contributed by atoms with van der Waals surface area (Å²) in [5.74, 6) is 0.458. The van der Waals surface area contributed by atoms with Crippen LogP contribution in [0.15, 0.2) is 24.3 Å². The number of hydrogen-bond donors (Lipinski definition) is 1. The second-order valence-electron chi connectivity index (χ2n) is 7.15. The molecule has 0 spiro atoms. The van der Waals surface area contributed by atoms with E-state index in [-0.39, 0.29) is 23.0 Å². The highest BCUT2D eigenvalue weighted by Gasteiger charge is 2.45. The van der Waals surface area contributed by atoms with Gasteiger partial charge >= 0.3 is 0 Å². The predicted molar refractivity (Wildman–Crippen MR) is 102 cm³/mol. The van der Waals surface area contributed by atoms with E-state index in [1.54, 1.807) is 16.7 Å². The standard InChI is InChI=1S/C20H27FN2O2S/c1-2-12-22-18(24)17-13-26-20(15-6-4-3-5-7-15)23(17)19(25)14-8-10-16(21)11-9-14/h8-11,15,17,20H,2-7,12-13H2,1H3,(H,22,24)/t17-,20-/m1/s1. The number of carbonyl (C=O) groups is 2. The van der Waals surface area contributed by atoms with E-state index in [0.29, 0.717) is 23.8 Å². The number of thioether (sulfide) groups is 1. The molecule has 1 aromatic carbocycles. The van der Waals surface area contributed by atoms with Crippen molar-refractivity contribution in [3.63, 3.8) is 0 Å². The first-order valence-corrected chi connectivity index (χ1v) is 10.6. The van der Waals surface area contributed by atoms with E-state index in [1.807, 2.05) is 6.92 Å². The first kappa shape index (κ1) is 19.2. The smallest absolute Gasteiger partial charge is 0.255 e. The molecule has 2 fully saturated rings. The van der Waals surface area contributed by atoms with Crippen molar-refractivity contribution in [3.05, 3.63) is 35.6 Å². The molecule has 1 aliphatic heterocycles. The Morgan fingerprint density at radius 3 is 2.54 bits per heavy atom. The van der Waals surface area contributed by atoms with Crippen molar-refractivity contribution >= 4 is 23.6 Å². The molecule has 1 heterocycles. The summed E-state index contributed by atoms with van der Waals surface area (Å²) >= 11 is 1.72. The molecular weight excluding hydrogens is 351 g/mol. The van der Waals surface area contributed by atoms with Gasteiger partial charge < -0.3 is 10.2 Å². The number of carbonyl (C=O) groups excluding carboxylic acids is 2. The lowest BCUT2D eigenvalue weighted by Gasteiger charge is -2.35. The van der Waals surface area contributed by atoms with Crippen LogP contribution in [0.4, 0.5) is 4.39 Å². The highest BCUT2D eigenvalue weighted by Crippen LogP contribution is 2.41. The molecule has 6 heteroatoms. The van der Waals surface area contributed by atoms with E-state index >= 15 is 0 Å². The van der Waals surface area contributed by atoms with Crippen LogP contribution >= 0.6 is 11.8 Å². The van der Waals surface area contributed by atoms with Gasteiger partial charge in [0.1, 0.15) is 11.9 Å². The summed E-state index contributed by atoms with van der Waals surface area (Å²) in [6, 6.07) is 5.19. The molecule has 3 rings (SSSR count). The minimum atomic E-state index is -0.448. The van der Waals surface area contributed by atoms with Crippen LogP contribution in [0.5, 0.6) is 0 Å². The third kappa shape index (κ3) is 4.22. The van der Waals surface area contributed by atoms with Gasteiger partial charge in [-0.1, -0.05) is 26.2 Å². The molecule has 1 saturated carbocycles. The molecule has 1 saturated heterocycles. The zero-order valence-electron chi connectivity index (χ0n) is 15.2. The van der Waals surface area contributed by atoms with Gasteiger partial charge in [-0.2, -0.15) is 0 Å². The van der Waals surface area contributed by atoms with E-state index in [4.69, 9.17) is 0 Å². The van der Waals surface area contributed by atoms with Crippen LogP contribution in [0.1, 0.15) is 55.8 Å². The van der Waals surface area contributed by atoms with Crippen LogP contribution in [0, 0.1) is 11.7 Å². The van der Waals surface area contributed by atoms with Crippen molar-refractivity contribution in [2.75, 3.05) is 12.3 Å². The summed E-state index contributed by atoms with van der Waals surface area (Å²) in [4.78, 5) is 27.6. The number of hydrogen-bond acceptors (Lipinski definition) is 3. The van der Waals surface area contributed by atoms with Gasteiger partial charge in [-0.25, -0.2) is 4.39 Å². The molecular formula is C20H27FN2O2S. The van der Waals surface area contributed by atoms with Crippen LogP contribution in [0.2, 0.25) is 0 Å². The molecule has 1 aromatic rings. The Hall–Kier alpha value is -1.56. The lowest BCUT2D eigenvalue weighted by Crippen LogP contribution is -2.51. The third-order valence-electron chi connectivity index (χ3n) is 5.27. The van der Waals surface area contributed by atoms with E-state index in [2.05, 4.69) is 5.32 Å². The van der Waals surface area contributed by atoms with Crippen molar-refractivity contribution < 1.29 is 14.0 Å². The van der Waals surface area contributed by atoms with E-state index < -0.39 is 6.04 Å². The predicted octanol–water partition coefficient (Wildman–Crippen LogP) is 3.82. The van der Waals surface area contributed by atoms with Gasteiger partial charge in [0.05, 0.1) is 5.37 Å². The summed E-state index contributed by atoms with van der Waals surface area (Å²) < 4.78 is 13.2. The molecule has 26 heavy (non-hydrogen) atoms. The van der Waals surface area contributed by atoms with Crippen molar-refractivity contribution in [3.8, 4) is 0 Å². The van der Waals surface area contributed by atoms with Gasteiger partial charge in [-0.15, -0.1) is 11.8 Å². The molecule has 2 aliphatic rings. The topological polar surface area (TPSA) is 49.4 Å². The lowest BCUT2D eigenvalue weighted by molar-refractivity contribution is -0.125. The van der Waals surface area contributed by atoms with Crippen molar-refractivity contribution in [1.82, 2.24) is 10.2 Å².